The van der Waals surface area contributed by atoms with E-state index in [0.717, 1.165) is 24.8 Å². The number of ether oxygens (including phenoxy) is 1. The van der Waals surface area contributed by atoms with Crippen LogP contribution in [-0.4, -0.2) is 29.6 Å². The van der Waals surface area contributed by atoms with Gasteiger partial charge in [-0.15, -0.1) is 0 Å². The number of halogens is 2. The van der Waals surface area contributed by atoms with Gasteiger partial charge in [0.25, 0.3) is 0 Å². The number of benzene rings is 1. The van der Waals surface area contributed by atoms with E-state index in [1.54, 1.807) is 6.92 Å². The maximum absolute atomic E-state index is 14.3. The summed E-state index contributed by atoms with van der Waals surface area (Å²) in [5, 5.41) is 0. The highest BCUT2D eigenvalue weighted by atomic mass is 31.0. The summed E-state index contributed by atoms with van der Waals surface area (Å²) in [5.41, 5.74) is 0.954. The summed E-state index contributed by atoms with van der Waals surface area (Å²) in [4.78, 5) is 36.8. The van der Waals surface area contributed by atoms with Crippen molar-refractivity contribution in [3.63, 3.8) is 0 Å². The van der Waals surface area contributed by atoms with Crippen molar-refractivity contribution < 1.29 is 32.4 Å². The quantitative estimate of drug-likeness (QED) is 0.126. The number of hydrogen-bond donors (Lipinski definition) is 0. The Bertz CT molecular complexity index is 832. The highest BCUT2D eigenvalue weighted by Gasteiger charge is 2.44. The molecular formula is C28H41F2O5P. The lowest BCUT2D eigenvalue weighted by Gasteiger charge is -2.24. The largest absolute Gasteiger partial charge is 0.461 e. The predicted molar refractivity (Wildman–Crippen MR) is 138 cm³/mol. The summed E-state index contributed by atoms with van der Waals surface area (Å²) in [6.07, 6.45) is 4.27. The summed E-state index contributed by atoms with van der Waals surface area (Å²) >= 11 is 0. The minimum Gasteiger partial charge on any atom is -0.461 e. The second-order valence-electron chi connectivity index (χ2n) is 10.1. The van der Waals surface area contributed by atoms with Gasteiger partial charge in [0.05, 0.1) is 6.10 Å². The summed E-state index contributed by atoms with van der Waals surface area (Å²) in [7, 11) is 2.17. The van der Waals surface area contributed by atoms with Gasteiger partial charge in [0.1, 0.15) is 12.4 Å². The van der Waals surface area contributed by atoms with Crippen molar-refractivity contribution in [1.29, 1.82) is 0 Å². The molecule has 8 heteroatoms. The predicted octanol–water partition coefficient (Wildman–Crippen LogP) is 6.87. The van der Waals surface area contributed by atoms with Gasteiger partial charge in [-0.1, -0.05) is 69.9 Å². The number of ketones is 2. The van der Waals surface area contributed by atoms with Gasteiger partial charge in [-0.2, -0.15) is 8.78 Å². The van der Waals surface area contributed by atoms with E-state index in [4.69, 9.17) is 9.26 Å². The first-order chi connectivity index (χ1) is 17.2. The van der Waals surface area contributed by atoms with Gasteiger partial charge >= 0.3 is 11.9 Å². The molecule has 1 fully saturated rings. The average Bonchev–Trinajstić information content (AvgIpc) is 3.17. The maximum atomic E-state index is 14.3. The van der Waals surface area contributed by atoms with Crippen LogP contribution in [0, 0.1) is 17.8 Å². The van der Waals surface area contributed by atoms with Crippen LogP contribution in [0.4, 0.5) is 8.78 Å². The summed E-state index contributed by atoms with van der Waals surface area (Å²) < 4.78 is 39.3. The number of hydrogen-bond acceptors (Lipinski definition) is 5. The Morgan fingerprint density at radius 1 is 1.08 bits per heavy atom. The molecule has 0 N–H and O–H groups in total. The molecule has 1 saturated carbocycles. The lowest BCUT2D eigenvalue weighted by atomic mass is 9.84. The van der Waals surface area contributed by atoms with Crippen LogP contribution in [0.25, 0.3) is 0 Å². The van der Waals surface area contributed by atoms with Gasteiger partial charge in [0, 0.05) is 41.1 Å². The molecule has 0 amide bonds. The lowest BCUT2D eigenvalue weighted by molar-refractivity contribution is -0.146. The molecule has 1 aliphatic carbocycles. The molecule has 1 aliphatic rings. The minimum absolute atomic E-state index is 0.0794. The maximum Gasteiger partial charge on any atom is 0.306 e. The first-order valence-electron chi connectivity index (χ1n) is 13.2. The van der Waals surface area contributed by atoms with Crippen LogP contribution in [0.3, 0.4) is 0 Å². The third-order valence-electron chi connectivity index (χ3n) is 7.29. The van der Waals surface area contributed by atoms with Crippen molar-refractivity contribution in [2.45, 2.75) is 103 Å². The zero-order chi connectivity index (χ0) is 26.6. The van der Waals surface area contributed by atoms with E-state index in [9.17, 15) is 23.2 Å². The van der Waals surface area contributed by atoms with Gasteiger partial charge in [-0.05, 0) is 36.7 Å². The molecule has 0 radical (unpaired) electrons. The molecule has 2 rings (SSSR count). The van der Waals surface area contributed by atoms with E-state index >= 15 is 0 Å². The molecule has 0 aromatic heterocycles. The van der Waals surface area contributed by atoms with Crippen LogP contribution in [-0.2, 0) is 30.3 Å². The number of esters is 1. The Morgan fingerprint density at radius 2 is 1.78 bits per heavy atom. The smallest absolute Gasteiger partial charge is 0.306 e. The molecule has 202 valence electrons. The molecule has 0 heterocycles. The van der Waals surface area contributed by atoms with E-state index < -0.39 is 18.1 Å². The molecule has 5 nitrogen and oxygen atoms in total. The van der Waals surface area contributed by atoms with Gasteiger partial charge in [0.15, 0.2) is 0 Å². The van der Waals surface area contributed by atoms with Gasteiger partial charge in [-0.3, -0.25) is 14.4 Å². The molecule has 1 aromatic rings. The average molecular weight is 527 g/mol. The van der Waals surface area contributed by atoms with Crippen molar-refractivity contribution in [2.24, 2.45) is 17.8 Å². The summed E-state index contributed by atoms with van der Waals surface area (Å²) in [6, 6.07) is 9.53. The molecule has 0 saturated heterocycles. The van der Waals surface area contributed by atoms with Crippen molar-refractivity contribution in [3.8, 4) is 0 Å². The Kier molecular flexibility index (Phi) is 13.1. The first kappa shape index (κ1) is 30.5. The van der Waals surface area contributed by atoms with Crippen LogP contribution < -0.4 is 0 Å². The third-order valence-corrected chi connectivity index (χ3v) is 7.64. The molecule has 0 aliphatic heterocycles. The highest BCUT2D eigenvalue weighted by Crippen LogP contribution is 2.40. The lowest BCUT2D eigenvalue weighted by Crippen LogP contribution is -2.32. The third kappa shape index (κ3) is 9.97. The molecule has 0 spiro atoms. The molecule has 36 heavy (non-hydrogen) atoms. The number of rotatable bonds is 17. The van der Waals surface area contributed by atoms with E-state index in [0.29, 0.717) is 25.7 Å². The zero-order valence-corrected chi connectivity index (χ0v) is 22.7. The second kappa shape index (κ2) is 15.5. The van der Waals surface area contributed by atoms with Crippen LogP contribution in [0.5, 0.6) is 0 Å². The van der Waals surface area contributed by atoms with Gasteiger partial charge in [0.2, 0.25) is 5.78 Å². The normalized spacial score (nSPS) is 20.9. The molecule has 1 aromatic carbocycles. The van der Waals surface area contributed by atoms with Gasteiger partial charge in [-0.25, -0.2) is 0 Å². The Hall–Kier alpha value is -1.72. The van der Waals surface area contributed by atoms with Crippen molar-refractivity contribution in [3.05, 3.63) is 35.9 Å². The standard InChI is InChI=1S/C28H41F2O5P/c1-3-20(2)18-28(29,30)26(32)16-15-23-22(24(31)17-25(23)35-36)13-9-4-5-10-14-27(33)34-19-21-11-7-6-8-12-21/h6-8,11-12,20,22-23,25H,3-5,9-10,13-19,36H2,1-2H3/t20-,22+,23+,25+/m0/s1. The summed E-state index contributed by atoms with van der Waals surface area (Å²) in [6.45, 7) is 3.83. The van der Waals surface area contributed by atoms with E-state index in [2.05, 4.69) is 9.47 Å². The molecular weight excluding hydrogens is 485 g/mol. The van der Waals surface area contributed by atoms with Crippen molar-refractivity contribution >= 4 is 27.0 Å². The molecule has 1 unspecified atom stereocenters. The van der Waals surface area contributed by atoms with Crippen LogP contribution >= 0.6 is 9.47 Å². The number of unbranched alkanes of at least 4 members (excludes halogenated alkanes) is 3. The fraction of sp³-hybridized carbons (Fsp3) is 0.679. The SMILES string of the molecule is CC[C@H](C)CC(F)(F)C(=O)CC[C@H]1[C@H](OP)CC(=O)[C@@H]1CCCCCCC(=O)OCc1ccccc1. The first-order valence-corrected chi connectivity index (χ1v) is 13.6. The van der Waals surface area contributed by atoms with E-state index in [-0.39, 0.29) is 61.5 Å². The number of Topliss-reactive ketones (excluding diaryl/α,β-unsaturated/α-hetero) is 2. The number of carbonyl (C=O) groups is 3. The molecule has 0 bridgehead atoms. The van der Waals surface area contributed by atoms with Crippen LogP contribution in [0.1, 0.15) is 90.0 Å². The fourth-order valence-electron chi connectivity index (χ4n) is 4.88. The number of alkyl halides is 2. The monoisotopic (exact) mass is 526 g/mol. The van der Waals surface area contributed by atoms with Crippen molar-refractivity contribution in [2.75, 3.05) is 0 Å². The van der Waals surface area contributed by atoms with E-state index in [1.807, 2.05) is 37.3 Å². The van der Waals surface area contributed by atoms with Crippen molar-refractivity contribution in [1.82, 2.24) is 0 Å². The number of carbonyl (C=O) groups excluding carboxylic acids is 3. The highest BCUT2D eigenvalue weighted by molar-refractivity contribution is 7.09. The summed E-state index contributed by atoms with van der Waals surface area (Å²) in [5.74, 6) is -5.24. The van der Waals surface area contributed by atoms with Crippen LogP contribution in [0.15, 0.2) is 30.3 Å². The Labute approximate surface area is 216 Å². The second-order valence-corrected chi connectivity index (χ2v) is 10.4. The molecule has 5 atom stereocenters. The van der Waals surface area contributed by atoms with Gasteiger partial charge < -0.3 is 9.26 Å². The zero-order valence-electron chi connectivity index (χ0n) is 21.6. The van der Waals surface area contributed by atoms with E-state index in [1.165, 1.54) is 0 Å². The Morgan fingerprint density at radius 3 is 2.44 bits per heavy atom. The minimum atomic E-state index is -3.33. The Balaban J connectivity index is 1.72. The topological polar surface area (TPSA) is 69.7 Å². The van der Waals surface area contributed by atoms with Crippen LogP contribution in [0.2, 0.25) is 0 Å². The fourth-order valence-corrected chi connectivity index (χ4v) is 5.18.